The van der Waals surface area contributed by atoms with Crippen LogP contribution in [0.1, 0.15) is 51.0 Å². The average Bonchev–Trinajstić information content (AvgIpc) is 3.02. The lowest BCUT2D eigenvalue weighted by molar-refractivity contribution is -0.125. The molecule has 3 aliphatic heterocycles. The number of nitrogens with zero attached hydrogens (tertiary/aromatic N) is 3. The smallest absolute Gasteiger partial charge is 0.237 e. The molecule has 4 aliphatic rings. The van der Waals surface area contributed by atoms with E-state index in [4.69, 9.17) is 23.2 Å². The van der Waals surface area contributed by atoms with Crippen molar-refractivity contribution < 1.29 is 9.35 Å². The highest BCUT2D eigenvalue weighted by Crippen LogP contribution is 2.50. The second kappa shape index (κ2) is 9.87. The van der Waals surface area contributed by atoms with E-state index in [0.29, 0.717) is 22.6 Å². The van der Waals surface area contributed by atoms with Gasteiger partial charge in [-0.3, -0.25) is 9.69 Å². The van der Waals surface area contributed by atoms with E-state index in [1.54, 1.807) is 0 Å². The molecule has 1 amide bonds. The minimum absolute atomic E-state index is 0.216. The first kappa shape index (κ1) is 24.2. The number of amides is 1. The molecule has 33 heavy (non-hydrogen) atoms. The molecule has 1 aromatic rings. The van der Waals surface area contributed by atoms with Crippen molar-refractivity contribution in [3.05, 3.63) is 27.7 Å². The van der Waals surface area contributed by atoms with Crippen LogP contribution in [0.15, 0.2) is 12.1 Å². The first-order valence-electron chi connectivity index (χ1n) is 12.5. The molecule has 1 aromatic carbocycles. The third kappa shape index (κ3) is 4.68. The zero-order chi connectivity index (χ0) is 23.2. The Bertz CT molecular complexity index is 877. The van der Waals surface area contributed by atoms with Crippen molar-refractivity contribution in [3.8, 4) is 0 Å². The van der Waals surface area contributed by atoms with Gasteiger partial charge in [-0.15, -0.1) is 0 Å². The molecule has 0 atom stereocenters. The quantitative estimate of drug-likeness (QED) is 0.564. The summed E-state index contributed by atoms with van der Waals surface area (Å²) in [5.41, 5.74) is 1.53. The lowest BCUT2D eigenvalue weighted by atomic mass is 9.73. The largest absolute Gasteiger partial charge is 0.616 e. The van der Waals surface area contributed by atoms with E-state index in [1.165, 1.54) is 25.7 Å². The molecule has 2 saturated heterocycles. The summed E-state index contributed by atoms with van der Waals surface area (Å²) in [7, 11) is 0. The van der Waals surface area contributed by atoms with Crippen LogP contribution in [0, 0.1) is 5.92 Å². The molecular formula is C25H35Cl2N3O2S. The summed E-state index contributed by atoms with van der Waals surface area (Å²) >= 11 is 12.2. The minimum atomic E-state index is -0.691. The number of rotatable bonds is 4. The lowest BCUT2D eigenvalue weighted by Crippen LogP contribution is -2.52. The standard InChI is InChI=1S/C25H35Cl2N3O2S/c1-18-2-4-19(5-3-18)29-8-6-25(7-9-29)20-16-21(26)22(27)17-23(20)30(24(25)31)11-10-28-12-14-33(32)15-13-28/h16-19H,2-15H2,1H3/t18-,19+. The highest BCUT2D eigenvalue weighted by Gasteiger charge is 2.52. The van der Waals surface area contributed by atoms with Crippen LogP contribution in [-0.2, 0) is 21.4 Å². The number of fused-ring (bicyclic) bond motifs is 2. The average molecular weight is 513 g/mol. The van der Waals surface area contributed by atoms with E-state index < -0.39 is 16.6 Å². The summed E-state index contributed by atoms with van der Waals surface area (Å²) < 4.78 is 11.7. The zero-order valence-electron chi connectivity index (χ0n) is 19.5. The zero-order valence-corrected chi connectivity index (χ0v) is 21.9. The van der Waals surface area contributed by atoms with Gasteiger partial charge in [-0.05, 0) is 75.2 Å². The second-order valence-electron chi connectivity index (χ2n) is 10.5. The molecule has 3 fully saturated rings. The molecule has 182 valence electrons. The van der Waals surface area contributed by atoms with Gasteiger partial charge in [-0.25, -0.2) is 0 Å². The summed E-state index contributed by atoms with van der Waals surface area (Å²) in [5.74, 6) is 2.52. The molecule has 0 radical (unpaired) electrons. The maximum Gasteiger partial charge on any atom is 0.237 e. The van der Waals surface area contributed by atoms with Crippen LogP contribution in [0.5, 0.6) is 0 Å². The van der Waals surface area contributed by atoms with E-state index in [1.807, 2.05) is 17.0 Å². The van der Waals surface area contributed by atoms with E-state index in [2.05, 4.69) is 16.7 Å². The van der Waals surface area contributed by atoms with Gasteiger partial charge < -0.3 is 14.4 Å². The minimum Gasteiger partial charge on any atom is -0.616 e. The van der Waals surface area contributed by atoms with Crippen LogP contribution in [0.2, 0.25) is 10.0 Å². The Kier molecular flexibility index (Phi) is 7.24. The summed E-state index contributed by atoms with van der Waals surface area (Å²) in [6.07, 6.45) is 6.91. The Balaban J connectivity index is 1.33. The third-order valence-corrected chi connectivity index (χ3v) is 10.6. The summed E-state index contributed by atoms with van der Waals surface area (Å²) in [6, 6.07) is 4.52. The fourth-order valence-corrected chi connectivity index (χ4v) is 7.80. The van der Waals surface area contributed by atoms with Crippen molar-refractivity contribution in [1.82, 2.24) is 9.80 Å². The summed E-state index contributed by atoms with van der Waals surface area (Å²) in [5, 5.41) is 1.04. The third-order valence-electron chi connectivity index (χ3n) is 8.56. The SMILES string of the molecule is C[C@H]1CC[C@@H](N2CCC3(CC2)C(=O)N(CCN2CC[S+]([O-])CC2)c2cc(Cl)c(Cl)cc23)CC1. The van der Waals surface area contributed by atoms with Gasteiger partial charge >= 0.3 is 0 Å². The lowest BCUT2D eigenvalue weighted by Gasteiger charge is -2.43. The highest BCUT2D eigenvalue weighted by atomic mass is 35.5. The molecule has 1 spiro atoms. The molecule has 0 bridgehead atoms. The molecule has 8 heteroatoms. The normalized spacial score (nSPS) is 29.1. The molecule has 1 aliphatic carbocycles. The van der Waals surface area contributed by atoms with Gasteiger partial charge in [0.1, 0.15) is 11.5 Å². The van der Waals surface area contributed by atoms with E-state index in [0.717, 1.165) is 74.2 Å². The molecule has 3 heterocycles. The van der Waals surface area contributed by atoms with Crippen LogP contribution in [0.25, 0.3) is 0 Å². The van der Waals surface area contributed by atoms with Gasteiger partial charge in [0.15, 0.2) is 0 Å². The van der Waals surface area contributed by atoms with Gasteiger partial charge in [0, 0.05) is 37.9 Å². The predicted molar refractivity (Wildman–Crippen MR) is 137 cm³/mol. The van der Waals surface area contributed by atoms with Crippen LogP contribution in [0.4, 0.5) is 5.69 Å². The Hall–Kier alpha value is -0.500. The Morgan fingerprint density at radius 2 is 1.64 bits per heavy atom. The van der Waals surface area contributed by atoms with E-state index in [9.17, 15) is 9.35 Å². The van der Waals surface area contributed by atoms with Crippen LogP contribution in [0.3, 0.4) is 0 Å². The Labute approximate surface area is 210 Å². The van der Waals surface area contributed by atoms with Crippen LogP contribution < -0.4 is 4.90 Å². The number of hydrogen-bond acceptors (Lipinski definition) is 4. The van der Waals surface area contributed by atoms with Crippen molar-refractivity contribution in [3.63, 3.8) is 0 Å². The van der Waals surface area contributed by atoms with Gasteiger partial charge in [-0.1, -0.05) is 41.3 Å². The van der Waals surface area contributed by atoms with Gasteiger partial charge in [-0.2, -0.15) is 0 Å². The van der Waals surface area contributed by atoms with Gasteiger partial charge in [0.2, 0.25) is 5.91 Å². The van der Waals surface area contributed by atoms with E-state index >= 15 is 0 Å². The molecule has 5 rings (SSSR count). The van der Waals surface area contributed by atoms with Crippen LogP contribution in [-0.4, -0.2) is 77.1 Å². The molecule has 0 aromatic heterocycles. The number of anilines is 1. The second-order valence-corrected chi connectivity index (χ2v) is 13.0. The fraction of sp³-hybridized carbons (Fsp3) is 0.720. The number of carbonyl (C=O) groups excluding carboxylic acids is 1. The van der Waals surface area contributed by atoms with Crippen LogP contribution >= 0.6 is 23.2 Å². The molecule has 5 nitrogen and oxygen atoms in total. The molecule has 0 N–H and O–H groups in total. The Morgan fingerprint density at radius 3 is 2.30 bits per heavy atom. The predicted octanol–water partition coefficient (Wildman–Crippen LogP) is 4.32. The summed E-state index contributed by atoms with van der Waals surface area (Å²) in [4.78, 5) is 20.9. The van der Waals surface area contributed by atoms with Crippen molar-refractivity contribution >= 4 is 46.0 Å². The number of likely N-dealkylation sites (tertiary alicyclic amines) is 1. The first-order valence-corrected chi connectivity index (χ1v) is 14.7. The molecule has 0 unspecified atom stereocenters. The molecular weight excluding hydrogens is 477 g/mol. The maximum atomic E-state index is 14.0. The van der Waals surface area contributed by atoms with Crippen molar-refractivity contribution in [2.75, 3.05) is 55.7 Å². The van der Waals surface area contributed by atoms with Crippen molar-refractivity contribution in [2.24, 2.45) is 5.92 Å². The highest BCUT2D eigenvalue weighted by molar-refractivity contribution is 7.91. The Morgan fingerprint density at radius 1 is 1.00 bits per heavy atom. The summed E-state index contributed by atoms with van der Waals surface area (Å²) in [6.45, 7) is 7.41. The van der Waals surface area contributed by atoms with Gasteiger partial charge in [0.25, 0.3) is 0 Å². The van der Waals surface area contributed by atoms with Crippen molar-refractivity contribution in [1.29, 1.82) is 0 Å². The number of piperidine rings is 1. The molecule has 1 saturated carbocycles. The number of halogens is 2. The van der Waals surface area contributed by atoms with Gasteiger partial charge in [0.05, 0.1) is 15.5 Å². The number of benzene rings is 1. The number of carbonyl (C=O) groups is 1. The van der Waals surface area contributed by atoms with Crippen molar-refractivity contribution in [2.45, 2.75) is 56.9 Å². The monoisotopic (exact) mass is 511 g/mol. The first-order chi connectivity index (χ1) is 15.9. The topological polar surface area (TPSA) is 49.9 Å². The number of hydrogen-bond donors (Lipinski definition) is 0. The van der Waals surface area contributed by atoms with E-state index in [-0.39, 0.29) is 5.91 Å². The fourth-order valence-electron chi connectivity index (χ4n) is 6.35. The maximum absolute atomic E-state index is 14.0.